The summed E-state index contributed by atoms with van der Waals surface area (Å²) >= 11 is 5.95. The number of para-hydroxylation sites is 1. The number of rotatable bonds is 8. The van der Waals surface area contributed by atoms with Gasteiger partial charge in [-0.3, -0.25) is 9.59 Å². The van der Waals surface area contributed by atoms with E-state index in [1.54, 1.807) is 79.7 Å². The Labute approximate surface area is 216 Å². The van der Waals surface area contributed by atoms with Crippen molar-refractivity contribution in [3.05, 3.63) is 105 Å². The molecule has 3 N–H and O–H groups in total. The van der Waals surface area contributed by atoms with Crippen LogP contribution < -0.4 is 10.9 Å². The summed E-state index contributed by atoms with van der Waals surface area (Å²) in [6, 6.07) is 20.1. The van der Waals surface area contributed by atoms with Gasteiger partial charge in [0.15, 0.2) is 5.71 Å². The van der Waals surface area contributed by atoms with Crippen LogP contribution in [0, 0.1) is 6.92 Å². The first-order chi connectivity index (χ1) is 17.8. The summed E-state index contributed by atoms with van der Waals surface area (Å²) in [6.45, 7) is 1.74. The van der Waals surface area contributed by atoms with Gasteiger partial charge in [-0.1, -0.05) is 59.2 Å². The standard InChI is InChI=1S/C28H23ClN2O6/c1-16-13-18(29)11-12-22(16)30-27(34)23(31-36)15-19(32)14-21(17-7-3-2-4-8-17)25-26(33)20-9-5-6-10-24(20)37-28(25)35/h2-13,21,33,36H,14-15H2,1H3,(H,30,34)/b31-23-/t21-/m0/s1. The maximum Gasteiger partial charge on any atom is 0.343 e. The van der Waals surface area contributed by atoms with Crippen molar-refractivity contribution in [2.24, 2.45) is 5.16 Å². The lowest BCUT2D eigenvalue weighted by molar-refractivity contribution is -0.119. The maximum atomic E-state index is 13.1. The Bertz CT molecular complexity index is 1560. The second-order valence-electron chi connectivity index (χ2n) is 8.49. The average Bonchev–Trinajstić information content (AvgIpc) is 2.88. The van der Waals surface area contributed by atoms with Crippen LogP contribution in [-0.4, -0.2) is 27.7 Å². The van der Waals surface area contributed by atoms with Gasteiger partial charge in [0, 0.05) is 23.0 Å². The third-order valence-electron chi connectivity index (χ3n) is 5.99. The van der Waals surface area contributed by atoms with E-state index in [2.05, 4.69) is 10.5 Å². The summed E-state index contributed by atoms with van der Waals surface area (Å²) in [5.74, 6) is -2.39. The van der Waals surface area contributed by atoms with Crippen LogP contribution in [0.4, 0.5) is 5.69 Å². The maximum absolute atomic E-state index is 13.1. The van der Waals surface area contributed by atoms with Gasteiger partial charge in [0.1, 0.15) is 17.1 Å². The predicted octanol–water partition coefficient (Wildman–Crippen LogP) is 5.41. The molecule has 0 aliphatic heterocycles. The number of hydrogen-bond donors (Lipinski definition) is 3. The second-order valence-corrected chi connectivity index (χ2v) is 8.93. The van der Waals surface area contributed by atoms with E-state index in [-0.39, 0.29) is 23.3 Å². The number of halogens is 1. The fourth-order valence-corrected chi connectivity index (χ4v) is 4.36. The fourth-order valence-electron chi connectivity index (χ4n) is 4.14. The van der Waals surface area contributed by atoms with Crippen molar-refractivity contribution < 1.29 is 24.3 Å². The predicted molar refractivity (Wildman–Crippen MR) is 141 cm³/mol. The molecular weight excluding hydrogens is 496 g/mol. The van der Waals surface area contributed by atoms with Crippen LogP contribution >= 0.6 is 11.6 Å². The van der Waals surface area contributed by atoms with E-state index in [0.29, 0.717) is 27.2 Å². The summed E-state index contributed by atoms with van der Waals surface area (Å²) in [6.07, 6.45) is -0.759. The molecule has 1 aromatic heterocycles. The monoisotopic (exact) mass is 518 g/mol. The van der Waals surface area contributed by atoms with Crippen LogP contribution in [0.3, 0.4) is 0 Å². The molecule has 8 nitrogen and oxygen atoms in total. The van der Waals surface area contributed by atoms with Crippen molar-refractivity contribution in [2.75, 3.05) is 5.32 Å². The zero-order valence-corrected chi connectivity index (χ0v) is 20.5. The lowest BCUT2D eigenvalue weighted by atomic mass is 9.86. The Balaban J connectivity index is 1.62. The number of carbonyl (C=O) groups excluding carboxylic acids is 2. The molecule has 37 heavy (non-hydrogen) atoms. The summed E-state index contributed by atoms with van der Waals surface area (Å²) in [5.41, 5.74) is 0.706. The Morgan fingerprint density at radius 1 is 1.05 bits per heavy atom. The Morgan fingerprint density at radius 3 is 2.46 bits per heavy atom. The van der Waals surface area contributed by atoms with Gasteiger partial charge < -0.3 is 20.0 Å². The minimum Gasteiger partial charge on any atom is -0.507 e. The number of Topliss-reactive ketones (excluding diaryl/α,β-unsaturated/α-hetero) is 1. The van der Waals surface area contributed by atoms with Crippen molar-refractivity contribution in [1.29, 1.82) is 0 Å². The van der Waals surface area contributed by atoms with Crippen molar-refractivity contribution in [2.45, 2.75) is 25.7 Å². The number of fused-ring (bicyclic) bond motifs is 1. The van der Waals surface area contributed by atoms with Crippen LogP contribution in [0.5, 0.6) is 5.75 Å². The molecule has 0 fully saturated rings. The van der Waals surface area contributed by atoms with Crippen molar-refractivity contribution >= 4 is 45.7 Å². The number of nitrogens with one attached hydrogen (secondary N) is 1. The quantitative estimate of drug-likeness (QED) is 0.124. The van der Waals surface area contributed by atoms with Gasteiger partial charge in [0.05, 0.1) is 17.4 Å². The van der Waals surface area contributed by atoms with Gasteiger partial charge in [0.25, 0.3) is 5.91 Å². The SMILES string of the molecule is Cc1cc(Cl)ccc1NC(=O)/C(CC(=O)C[C@@H](c1ccccc1)c1c(O)c2ccccc2oc1=O)=N\O. The number of anilines is 1. The molecule has 4 aromatic rings. The molecule has 0 spiro atoms. The van der Waals surface area contributed by atoms with Crippen LogP contribution in [-0.2, 0) is 9.59 Å². The van der Waals surface area contributed by atoms with E-state index in [0.717, 1.165) is 0 Å². The first-order valence-corrected chi connectivity index (χ1v) is 11.8. The number of amides is 1. The smallest absolute Gasteiger partial charge is 0.343 e. The van der Waals surface area contributed by atoms with Crippen molar-refractivity contribution in [3.63, 3.8) is 0 Å². The lowest BCUT2D eigenvalue weighted by Gasteiger charge is -2.18. The molecule has 0 aliphatic rings. The molecule has 1 amide bonds. The minimum atomic E-state index is -0.865. The van der Waals surface area contributed by atoms with Crippen LogP contribution in [0.2, 0.25) is 5.02 Å². The molecule has 1 atom stereocenters. The Morgan fingerprint density at radius 2 is 1.76 bits per heavy atom. The van der Waals surface area contributed by atoms with E-state index in [9.17, 15) is 24.7 Å². The number of aryl methyl sites for hydroxylation is 1. The molecule has 0 aliphatic carbocycles. The number of ketones is 1. The molecule has 0 radical (unpaired) electrons. The number of nitrogens with zero attached hydrogens (tertiary/aromatic N) is 1. The van der Waals surface area contributed by atoms with E-state index < -0.39 is 35.4 Å². The number of oxime groups is 1. The van der Waals surface area contributed by atoms with E-state index in [1.165, 1.54) is 0 Å². The molecule has 4 rings (SSSR count). The second kappa shape index (κ2) is 11.1. The summed E-state index contributed by atoms with van der Waals surface area (Å²) in [7, 11) is 0. The molecule has 3 aromatic carbocycles. The summed E-state index contributed by atoms with van der Waals surface area (Å²) in [5, 5.41) is 26.9. The molecular formula is C28H23ClN2O6. The molecule has 0 unspecified atom stereocenters. The van der Waals surface area contributed by atoms with Crippen LogP contribution in [0.1, 0.15) is 35.4 Å². The zero-order valence-electron chi connectivity index (χ0n) is 19.8. The molecule has 0 saturated carbocycles. The molecule has 0 saturated heterocycles. The van der Waals surface area contributed by atoms with E-state index in [1.807, 2.05) is 0 Å². The van der Waals surface area contributed by atoms with Gasteiger partial charge in [-0.05, 0) is 48.4 Å². The molecule has 0 bridgehead atoms. The highest BCUT2D eigenvalue weighted by molar-refractivity contribution is 6.45. The van der Waals surface area contributed by atoms with Crippen molar-refractivity contribution in [3.8, 4) is 5.75 Å². The summed E-state index contributed by atoms with van der Waals surface area (Å²) in [4.78, 5) is 38.7. The largest absolute Gasteiger partial charge is 0.507 e. The van der Waals surface area contributed by atoms with Gasteiger partial charge in [-0.15, -0.1) is 0 Å². The first kappa shape index (κ1) is 25.7. The van der Waals surface area contributed by atoms with E-state index in [4.69, 9.17) is 16.0 Å². The van der Waals surface area contributed by atoms with Gasteiger partial charge >= 0.3 is 5.63 Å². The zero-order chi connectivity index (χ0) is 26.5. The normalized spacial score (nSPS) is 12.3. The Kier molecular flexibility index (Phi) is 7.69. The lowest BCUT2D eigenvalue weighted by Crippen LogP contribution is -2.27. The molecule has 1 heterocycles. The minimum absolute atomic E-state index is 0.0676. The highest BCUT2D eigenvalue weighted by Crippen LogP contribution is 2.36. The fraction of sp³-hybridized carbons (Fsp3) is 0.143. The van der Waals surface area contributed by atoms with Crippen LogP contribution in [0.25, 0.3) is 11.0 Å². The highest BCUT2D eigenvalue weighted by atomic mass is 35.5. The van der Waals surface area contributed by atoms with Crippen molar-refractivity contribution in [1.82, 2.24) is 0 Å². The van der Waals surface area contributed by atoms with Gasteiger partial charge in [-0.25, -0.2) is 4.79 Å². The highest BCUT2D eigenvalue weighted by Gasteiger charge is 2.28. The number of hydrogen-bond acceptors (Lipinski definition) is 7. The number of benzene rings is 3. The Hall–Kier alpha value is -4.43. The molecule has 9 heteroatoms. The summed E-state index contributed by atoms with van der Waals surface area (Å²) < 4.78 is 5.42. The number of carbonyl (C=O) groups is 2. The van der Waals surface area contributed by atoms with E-state index >= 15 is 0 Å². The third-order valence-corrected chi connectivity index (χ3v) is 6.22. The number of aromatic hydroxyl groups is 1. The first-order valence-electron chi connectivity index (χ1n) is 11.4. The van der Waals surface area contributed by atoms with Crippen LogP contribution in [0.15, 0.2) is 87.2 Å². The average molecular weight is 519 g/mol. The van der Waals surface area contributed by atoms with Gasteiger partial charge in [0.2, 0.25) is 0 Å². The van der Waals surface area contributed by atoms with Gasteiger partial charge in [-0.2, -0.15) is 0 Å². The molecule has 188 valence electrons. The third kappa shape index (κ3) is 5.70. The topological polar surface area (TPSA) is 129 Å².